The maximum atomic E-state index is 11.7. The van der Waals surface area contributed by atoms with E-state index in [1.54, 1.807) is 14.2 Å². The zero-order chi connectivity index (χ0) is 23.0. The van der Waals surface area contributed by atoms with Crippen molar-refractivity contribution in [3.05, 3.63) is 83.7 Å². The number of nitrogens with zero attached hydrogens (tertiary/aromatic N) is 3. The molecule has 0 radical (unpaired) electrons. The van der Waals surface area contributed by atoms with E-state index < -0.39 is 0 Å². The van der Waals surface area contributed by atoms with Crippen molar-refractivity contribution in [3.63, 3.8) is 0 Å². The second kappa shape index (κ2) is 10.8. The van der Waals surface area contributed by atoms with E-state index in [0.717, 1.165) is 40.6 Å². The fraction of sp³-hybridized carbons (Fsp3) is 0.308. The number of pyridine rings is 1. The fourth-order valence-electron chi connectivity index (χ4n) is 4.03. The van der Waals surface area contributed by atoms with Gasteiger partial charge < -0.3 is 19.7 Å². The number of methoxy groups -OCH3 is 2. The first-order valence-corrected chi connectivity index (χ1v) is 11.1. The largest absolute Gasteiger partial charge is 0.497 e. The van der Waals surface area contributed by atoms with Gasteiger partial charge in [-0.15, -0.1) is 0 Å². The molecule has 1 N–H and O–H groups in total. The van der Waals surface area contributed by atoms with E-state index in [4.69, 9.17) is 9.47 Å². The minimum atomic E-state index is 0.0649. The second-order valence-electron chi connectivity index (χ2n) is 8.13. The molecular weight excluding hydrogens is 416 g/mol. The number of carbonyl (C=O) groups is 1. The van der Waals surface area contributed by atoms with Crippen molar-refractivity contribution in [2.75, 3.05) is 38.8 Å². The topological polar surface area (TPSA) is 66.9 Å². The average Bonchev–Trinajstić information content (AvgIpc) is 2.84. The zero-order valence-electron chi connectivity index (χ0n) is 19.2. The fourth-order valence-corrected chi connectivity index (χ4v) is 4.03. The van der Waals surface area contributed by atoms with Gasteiger partial charge in [-0.3, -0.25) is 14.7 Å². The van der Waals surface area contributed by atoms with Crippen LogP contribution in [0.25, 0.3) is 0 Å². The van der Waals surface area contributed by atoms with Crippen LogP contribution in [0.4, 0.5) is 5.69 Å². The third-order valence-corrected chi connectivity index (χ3v) is 5.68. The summed E-state index contributed by atoms with van der Waals surface area (Å²) in [7, 11) is 3.37. The molecule has 172 valence electrons. The van der Waals surface area contributed by atoms with E-state index in [1.807, 2.05) is 36.5 Å². The van der Waals surface area contributed by atoms with Crippen molar-refractivity contribution in [2.45, 2.75) is 19.6 Å². The summed E-state index contributed by atoms with van der Waals surface area (Å²) < 4.78 is 10.8. The van der Waals surface area contributed by atoms with E-state index in [9.17, 15) is 4.79 Å². The van der Waals surface area contributed by atoms with Crippen LogP contribution < -0.4 is 19.7 Å². The lowest BCUT2D eigenvalue weighted by Crippen LogP contribution is -2.47. The first-order chi connectivity index (χ1) is 16.1. The van der Waals surface area contributed by atoms with Gasteiger partial charge in [-0.25, -0.2) is 0 Å². The van der Waals surface area contributed by atoms with Crippen LogP contribution in [-0.2, 0) is 24.4 Å². The average molecular weight is 447 g/mol. The second-order valence-corrected chi connectivity index (χ2v) is 8.13. The molecule has 0 atom stereocenters. The normalized spacial score (nSPS) is 13.9. The van der Waals surface area contributed by atoms with Gasteiger partial charge in [0.1, 0.15) is 11.5 Å². The zero-order valence-corrected chi connectivity index (χ0v) is 19.2. The van der Waals surface area contributed by atoms with Crippen LogP contribution >= 0.6 is 0 Å². The quantitative estimate of drug-likeness (QED) is 0.544. The van der Waals surface area contributed by atoms with Crippen molar-refractivity contribution in [3.8, 4) is 11.5 Å². The lowest BCUT2D eigenvalue weighted by atomic mass is 10.1. The Hall–Kier alpha value is -3.58. The molecule has 1 aromatic heterocycles. The Morgan fingerprint density at radius 2 is 1.64 bits per heavy atom. The van der Waals surface area contributed by atoms with Crippen LogP contribution in [0.1, 0.15) is 16.8 Å². The molecule has 0 unspecified atom stereocenters. The summed E-state index contributed by atoms with van der Waals surface area (Å²) in [6.07, 6.45) is 1.85. The summed E-state index contributed by atoms with van der Waals surface area (Å²) in [5, 5.41) is 2.87. The number of hydrogen-bond acceptors (Lipinski definition) is 6. The monoisotopic (exact) mass is 446 g/mol. The maximum absolute atomic E-state index is 11.7. The molecule has 1 amide bonds. The molecule has 1 aliphatic heterocycles. The summed E-state index contributed by atoms with van der Waals surface area (Å²) in [6.45, 7) is 3.98. The molecule has 7 nitrogen and oxygen atoms in total. The van der Waals surface area contributed by atoms with E-state index in [1.165, 1.54) is 0 Å². The first kappa shape index (κ1) is 22.6. The predicted octanol–water partition coefficient (Wildman–Crippen LogP) is 3.24. The minimum Gasteiger partial charge on any atom is -0.497 e. The first-order valence-electron chi connectivity index (χ1n) is 11.1. The van der Waals surface area contributed by atoms with Gasteiger partial charge in [0, 0.05) is 44.6 Å². The van der Waals surface area contributed by atoms with Crippen LogP contribution in [-0.4, -0.2) is 49.6 Å². The number of piperazine rings is 1. The number of carbonyl (C=O) groups excluding carboxylic acids is 1. The minimum absolute atomic E-state index is 0.0649. The number of aromatic nitrogens is 1. The van der Waals surface area contributed by atoms with Gasteiger partial charge in [0.25, 0.3) is 0 Å². The summed E-state index contributed by atoms with van der Waals surface area (Å²) in [4.78, 5) is 20.8. The lowest BCUT2D eigenvalue weighted by Gasteiger charge is -2.28. The SMILES string of the molecule is COc1cccc(CN(Cc2cccc(OC)c2)c2ccnc(CN3CCNC(=O)C3)c2)c1. The third-order valence-electron chi connectivity index (χ3n) is 5.68. The van der Waals surface area contributed by atoms with Crippen molar-refractivity contribution in [1.82, 2.24) is 15.2 Å². The number of hydrogen-bond donors (Lipinski definition) is 1. The molecule has 2 heterocycles. The molecule has 2 aromatic carbocycles. The number of benzene rings is 2. The lowest BCUT2D eigenvalue weighted by molar-refractivity contribution is -0.124. The Kier molecular flexibility index (Phi) is 7.42. The van der Waals surface area contributed by atoms with Gasteiger partial charge in [-0.2, -0.15) is 0 Å². The Morgan fingerprint density at radius 3 is 2.24 bits per heavy atom. The molecule has 33 heavy (non-hydrogen) atoms. The highest BCUT2D eigenvalue weighted by atomic mass is 16.5. The number of ether oxygens (including phenoxy) is 2. The van der Waals surface area contributed by atoms with Crippen LogP contribution in [0.2, 0.25) is 0 Å². The number of amides is 1. The highest BCUT2D eigenvalue weighted by Crippen LogP contribution is 2.24. The Labute approximate surface area is 195 Å². The van der Waals surface area contributed by atoms with Gasteiger partial charge >= 0.3 is 0 Å². The van der Waals surface area contributed by atoms with E-state index in [-0.39, 0.29) is 5.91 Å². The molecule has 0 spiro atoms. The molecule has 1 saturated heterocycles. The van der Waals surface area contributed by atoms with Crippen LogP contribution in [0.3, 0.4) is 0 Å². The highest BCUT2D eigenvalue weighted by molar-refractivity contribution is 5.78. The Balaban J connectivity index is 1.59. The molecule has 0 saturated carbocycles. The number of anilines is 1. The summed E-state index contributed by atoms with van der Waals surface area (Å²) in [6, 6.07) is 20.4. The Morgan fingerprint density at radius 1 is 0.970 bits per heavy atom. The molecule has 1 fully saturated rings. The van der Waals surface area contributed by atoms with Gasteiger partial charge in [-0.1, -0.05) is 24.3 Å². The van der Waals surface area contributed by atoms with Crippen LogP contribution in [0.15, 0.2) is 66.9 Å². The maximum Gasteiger partial charge on any atom is 0.234 e. The van der Waals surface area contributed by atoms with Crippen LogP contribution in [0, 0.1) is 0 Å². The number of nitrogens with one attached hydrogen (secondary N) is 1. The molecule has 4 rings (SSSR count). The van der Waals surface area contributed by atoms with Crippen LogP contribution in [0.5, 0.6) is 11.5 Å². The van der Waals surface area contributed by atoms with E-state index >= 15 is 0 Å². The van der Waals surface area contributed by atoms with Crippen molar-refractivity contribution < 1.29 is 14.3 Å². The van der Waals surface area contributed by atoms with E-state index in [2.05, 4.69) is 50.4 Å². The van der Waals surface area contributed by atoms with Crippen molar-refractivity contribution in [1.29, 1.82) is 0 Å². The smallest absolute Gasteiger partial charge is 0.234 e. The molecule has 0 bridgehead atoms. The summed E-state index contributed by atoms with van der Waals surface area (Å²) in [5.41, 5.74) is 4.34. The van der Waals surface area contributed by atoms with Gasteiger partial charge in [-0.05, 0) is 47.5 Å². The predicted molar refractivity (Wildman–Crippen MR) is 128 cm³/mol. The summed E-state index contributed by atoms with van der Waals surface area (Å²) >= 11 is 0. The molecular formula is C26H30N4O3. The van der Waals surface area contributed by atoms with Gasteiger partial charge in [0.05, 0.1) is 26.5 Å². The van der Waals surface area contributed by atoms with E-state index in [0.29, 0.717) is 32.7 Å². The van der Waals surface area contributed by atoms with Crippen molar-refractivity contribution in [2.24, 2.45) is 0 Å². The standard InChI is InChI=1S/C26H30N4O3/c1-32-24-7-3-5-20(13-24)16-30(17-21-6-4-8-25(14-21)33-2)23-9-10-27-22(15-23)18-29-12-11-28-26(31)19-29/h3-10,13-15H,11-12,16-19H2,1-2H3,(H,28,31). The molecule has 3 aromatic rings. The molecule has 0 aliphatic carbocycles. The molecule has 7 heteroatoms. The van der Waals surface area contributed by atoms with Gasteiger partial charge in [0.2, 0.25) is 5.91 Å². The highest BCUT2D eigenvalue weighted by Gasteiger charge is 2.17. The van der Waals surface area contributed by atoms with Crippen molar-refractivity contribution >= 4 is 11.6 Å². The third kappa shape index (κ3) is 6.23. The van der Waals surface area contributed by atoms with Gasteiger partial charge in [0.15, 0.2) is 0 Å². The molecule has 1 aliphatic rings. The summed E-state index contributed by atoms with van der Waals surface area (Å²) in [5.74, 6) is 1.75. The number of rotatable bonds is 9. The Bertz CT molecular complexity index is 1040.